The average molecular weight is 329 g/mol. The molecule has 1 N–H and O–H groups in total. The van der Waals surface area contributed by atoms with Gasteiger partial charge in [-0.1, -0.05) is 28.9 Å². The summed E-state index contributed by atoms with van der Waals surface area (Å²) in [5.74, 6) is 0.399. The first-order chi connectivity index (χ1) is 9.17. The molecular weight excluding hydrogens is 307 g/mol. The van der Waals surface area contributed by atoms with Crippen molar-refractivity contribution < 1.29 is 4.39 Å². The van der Waals surface area contributed by atoms with Crippen LogP contribution in [0.1, 0.15) is 31.4 Å². The first-order valence-corrected chi connectivity index (χ1v) is 7.80. The zero-order chi connectivity index (χ0) is 13.8. The Labute approximate surface area is 123 Å². The summed E-state index contributed by atoms with van der Waals surface area (Å²) < 4.78 is 15.1. The van der Waals surface area contributed by atoms with Crippen LogP contribution in [0.15, 0.2) is 22.7 Å². The van der Waals surface area contributed by atoms with Gasteiger partial charge in [0.1, 0.15) is 5.82 Å². The second-order valence-electron chi connectivity index (χ2n) is 5.25. The van der Waals surface area contributed by atoms with E-state index in [1.54, 1.807) is 6.07 Å². The van der Waals surface area contributed by atoms with E-state index in [9.17, 15) is 4.39 Å². The van der Waals surface area contributed by atoms with E-state index in [0.717, 1.165) is 42.5 Å². The highest BCUT2D eigenvalue weighted by Gasteiger charge is 2.35. The Morgan fingerprint density at radius 3 is 2.89 bits per heavy atom. The van der Waals surface area contributed by atoms with E-state index < -0.39 is 0 Å². The van der Waals surface area contributed by atoms with E-state index in [2.05, 4.69) is 33.1 Å². The summed E-state index contributed by atoms with van der Waals surface area (Å²) in [6.45, 7) is 5.24. The molecule has 1 heterocycles. The molecule has 0 saturated carbocycles. The summed E-state index contributed by atoms with van der Waals surface area (Å²) in [5.41, 5.74) is 0.842. The molecule has 1 saturated heterocycles. The predicted molar refractivity (Wildman–Crippen MR) is 80.7 cm³/mol. The normalized spacial score (nSPS) is 24.0. The minimum atomic E-state index is -0.0940. The maximum absolute atomic E-state index is 14.3. The van der Waals surface area contributed by atoms with Crippen molar-refractivity contribution in [1.82, 2.24) is 10.2 Å². The monoisotopic (exact) mass is 328 g/mol. The van der Waals surface area contributed by atoms with E-state index in [4.69, 9.17) is 0 Å². The van der Waals surface area contributed by atoms with Gasteiger partial charge >= 0.3 is 0 Å². The summed E-state index contributed by atoms with van der Waals surface area (Å²) in [7, 11) is 1.97. The lowest BCUT2D eigenvalue weighted by Crippen LogP contribution is -2.30. The van der Waals surface area contributed by atoms with Gasteiger partial charge in [0.25, 0.3) is 0 Å². The summed E-state index contributed by atoms with van der Waals surface area (Å²) in [6, 6.07) is 5.66. The van der Waals surface area contributed by atoms with E-state index in [0.29, 0.717) is 5.92 Å². The lowest BCUT2D eigenvalue weighted by Gasteiger charge is -2.28. The average Bonchev–Trinajstić information content (AvgIpc) is 2.74. The molecule has 19 heavy (non-hydrogen) atoms. The van der Waals surface area contributed by atoms with E-state index in [-0.39, 0.29) is 11.9 Å². The van der Waals surface area contributed by atoms with Gasteiger partial charge in [0.15, 0.2) is 0 Å². The van der Waals surface area contributed by atoms with E-state index >= 15 is 0 Å². The van der Waals surface area contributed by atoms with Crippen LogP contribution in [0.2, 0.25) is 0 Å². The van der Waals surface area contributed by atoms with Crippen molar-refractivity contribution in [2.75, 3.05) is 26.7 Å². The Kier molecular flexibility index (Phi) is 5.37. The van der Waals surface area contributed by atoms with Crippen LogP contribution >= 0.6 is 15.9 Å². The summed E-state index contributed by atoms with van der Waals surface area (Å²) in [4.78, 5) is 2.42. The lowest BCUT2D eigenvalue weighted by atomic mass is 9.93. The quantitative estimate of drug-likeness (QED) is 0.888. The van der Waals surface area contributed by atoms with Crippen LogP contribution in [0.3, 0.4) is 0 Å². The summed E-state index contributed by atoms with van der Waals surface area (Å²) >= 11 is 3.33. The SMILES string of the molecule is CCCN1CCC(CNC)C1c1ccc(Br)cc1F. The third-order valence-corrected chi connectivity index (χ3v) is 4.38. The molecule has 0 amide bonds. The standard InChI is InChI=1S/C15H22BrFN2/c1-3-7-19-8-6-11(10-18-2)15(19)13-5-4-12(16)9-14(13)17/h4-5,9,11,15,18H,3,6-8,10H2,1-2H3. The van der Waals surface area contributed by atoms with Gasteiger partial charge in [-0.15, -0.1) is 0 Å². The number of hydrogen-bond acceptors (Lipinski definition) is 2. The molecule has 0 aliphatic carbocycles. The molecule has 1 fully saturated rings. The molecule has 4 heteroatoms. The summed E-state index contributed by atoms with van der Waals surface area (Å²) in [5, 5.41) is 3.24. The molecule has 2 nitrogen and oxygen atoms in total. The highest BCUT2D eigenvalue weighted by molar-refractivity contribution is 9.10. The van der Waals surface area contributed by atoms with Crippen molar-refractivity contribution in [3.05, 3.63) is 34.1 Å². The molecule has 2 unspecified atom stereocenters. The van der Waals surface area contributed by atoms with Crippen molar-refractivity contribution in [1.29, 1.82) is 0 Å². The van der Waals surface area contributed by atoms with Gasteiger partial charge in [0.2, 0.25) is 0 Å². The maximum Gasteiger partial charge on any atom is 0.129 e. The van der Waals surface area contributed by atoms with Crippen molar-refractivity contribution in [3.8, 4) is 0 Å². The molecule has 0 spiro atoms. The smallest absolute Gasteiger partial charge is 0.129 e. The molecule has 1 aliphatic heterocycles. The molecular formula is C15H22BrFN2. The topological polar surface area (TPSA) is 15.3 Å². The van der Waals surface area contributed by atoms with Crippen molar-refractivity contribution >= 4 is 15.9 Å². The number of hydrogen-bond donors (Lipinski definition) is 1. The summed E-state index contributed by atoms with van der Waals surface area (Å²) in [6.07, 6.45) is 2.25. The lowest BCUT2D eigenvalue weighted by molar-refractivity contribution is 0.222. The van der Waals surface area contributed by atoms with Gasteiger partial charge in [-0.05, 0) is 57.6 Å². The molecule has 1 aromatic carbocycles. The zero-order valence-corrected chi connectivity index (χ0v) is 13.2. The molecule has 2 rings (SSSR count). The van der Waals surface area contributed by atoms with Gasteiger partial charge in [-0.25, -0.2) is 4.39 Å². The van der Waals surface area contributed by atoms with Crippen molar-refractivity contribution in [3.63, 3.8) is 0 Å². The Morgan fingerprint density at radius 2 is 2.26 bits per heavy atom. The fourth-order valence-corrected chi connectivity index (χ4v) is 3.47. The van der Waals surface area contributed by atoms with Crippen molar-refractivity contribution in [2.45, 2.75) is 25.8 Å². The second kappa shape index (κ2) is 6.82. The third-order valence-electron chi connectivity index (χ3n) is 3.89. The fourth-order valence-electron chi connectivity index (χ4n) is 3.13. The van der Waals surface area contributed by atoms with Crippen LogP contribution in [-0.4, -0.2) is 31.6 Å². The molecule has 0 bridgehead atoms. The Balaban J connectivity index is 2.29. The van der Waals surface area contributed by atoms with Gasteiger partial charge in [0.05, 0.1) is 0 Å². The second-order valence-corrected chi connectivity index (χ2v) is 6.17. The van der Waals surface area contributed by atoms with Gasteiger partial charge < -0.3 is 5.32 Å². The van der Waals surface area contributed by atoms with Crippen LogP contribution < -0.4 is 5.32 Å². The first kappa shape index (κ1) is 14.9. The fraction of sp³-hybridized carbons (Fsp3) is 0.600. The maximum atomic E-state index is 14.3. The largest absolute Gasteiger partial charge is 0.319 e. The van der Waals surface area contributed by atoms with Crippen LogP contribution in [-0.2, 0) is 0 Å². The van der Waals surface area contributed by atoms with Gasteiger partial charge in [-0.3, -0.25) is 4.90 Å². The van der Waals surface area contributed by atoms with Crippen LogP contribution in [0.4, 0.5) is 4.39 Å². The Bertz CT molecular complexity index is 411. The number of nitrogens with zero attached hydrogens (tertiary/aromatic N) is 1. The highest BCUT2D eigenvalue weighted by atomic mass is 79.9. The van der Waals surface area contributed by atoms with Gasteiger partial charge in [0, 0.05) is 16.1 Å². The van der Waals surface area contributed by atoms with E-state index in [1.165, 1.54) is 0 Å². The Hall–Kier alpha value is -0.450. The minimum Gasteiger partial charge on any atom is -0.319 e. The number of nitrogens with one attached hydrogen (secondary N) is 1. The number of halogens is 2. The molecule has 106 valence electrons. The molecule has 0 aromatic heterocycles. The highest BCUT2D eigenvalue weighted by Crippen LogP contribution is 2.38. The van der Waals surface area contributed by atoms with Crippen molar-refractivity contribution in [2.24, 2.45) is 5.92 Å². The number of rotatable bonds is 5. The first-order valence-electron chi connectivity index (χ1n) is 7.01. The minimum absolute atomic E-state index is 0.0940. The molecule has 2 atom stereocenters. The molecule has 1 aliphatic rings. The zero-order valence-electron chi connectivity index (χ0n) is 11.6. The Morgan fingerprint density at radius 1 is 1.47 bits per heavy atom. The van der Waals surface area contributed by atoms with Crippen LogP contribution in [0, 0.1) is 11.7 Å². The third kappa shape index (κ3) is 3.36. The predicted octanol–water partition coefficient (Wildman–Crippen LogP) is 3.58. The van der Waals surface area contributed by atoms with Crippen LogP contribution in [0.5, 0.6) is 0 Å². The number of benzene rings is 1. The molecule has 0 radical (unpaired) electrons. The van der Waals surface area contributed by atoms with E-state index in [1.807, 2.05) is 19.2 Å². The molecule has 1 aromatic rings. The number of likely N-dealkylation sites (tertiary alicyclic amines) is 1. The van der Waals surface area contributed by atoms with Gasteiger partial charge in [-0.2, -0.15) is 0 Å². The van der Waals surface area contributed by atoms with Crippen LogP contribution in [0.25, 0.3) is 0 Å².